The quantitative estimate of drug-likeness (QED) is 0.847. The Morgan fingerprint density at radius 2 is 2.06 bits per heavy atom. The SMILES string of the molecule is CCOc1cncc(-c2ccc(N)c(Cl)c2)c1. The summed E-state index contributed by atoms with van der Waals surface area (Å²) in [5.74, 6) is 0.748. The van der Waals surface area contributed by atoms with E-state index in [1.165, 1.54) is 0 Å². The van der Waals surface area contributed by atoms with E-state index in [0.29, 0.717) is 17.3 Å². The molecular formula is C13H13ClN2O. The summed E-state index contributed by atoms with van der Waals surface area (Å²) >= 11 is 5.99. The van der Waals surface area contributed by atoms with Gasteiger partial charge in [0.15, 0.2) is 0 Å². The molecule has 0 bridgehead atoms. The number of anilines is 1. The van der Waals surface area contributed by atoms with Crippen molar-refractivity contribution in [3.05, 3.63) is 41.7 Å². The van der Waals surface area contributed by atoms with Crippen molar-refractivity contribution in [1.82, 2.24) is 4.98 Å². The molecule has 0 atom stereocenters. The number of pyridine rings is 1. The molecule has 0 radical (unpaired) electrons. The predicted octanol–water partition coefficient (Wildman–Crippen LogP) is 3.38. The number of benzene rings is 1. The van der Waals surface area contributed by atoms with Crippen LogP contribution in [0.25, 0.3) is 11.1 Å². The van der Waals surface area contributed by atoms with E-state index >= 15 is 0 Å². The number of nitrogen functional groups attached to an aromatic ring is 1. The Balaban J connectivity index is 2.38. The zero-order chi connectivity index (χ0) is 12.3. The number of halogens is 1. The van der Waals surface area contributed by atoms with Crippen LogP contribution < -0.4 is 10.5 Å². The average molecular weight is 249 g/mol. The lowest BCUT2D eigenvalue weighted by atomic mass is 10.1. The molecular weight excluding hydrogens is 236 g/mol. The molecule has 0 spiro atoms. The van der Waals surface area contributed by atoms with Gasteiger partial charge in [0.2, 0.25) is 0 Å². The smallest absolute Gasteiger partial charge is 0.138 e. The summed E-state index contributed by atoms with van der Waals surface area (Å²) in [4.78, 5) is 4.13. The Labute approximate surface area is 105 Å². The molecule has 0 aliphatic carbocycles. The minimum atomic E-state index is 0.546. The van der Waals surface area contributed by atoms with E-state index in [1.54, 1.807) is 18.5 Å². The number of aromatic nitrogens is 1. The summed E-state index contributed by atoms with van der Waals surface area (Å²) in [6, 6.07) is 7.45. The number of nitrogens with zero attached hydrogens (tertiary/aromatic N) is 1. The van der Waals surface area contributed by atoms with Gasteiger partial charge in [-0.25, -0.2) is 0 Å². The summed E-state index contributed by atoms with van der Waals surface area (Å²) in [6.07, 6.45) is 3.45. The molecule has 0 saturated heterocycles. The van der Waals surface area contributed by atoms with Crippen LogP contribution in [0.5, 0.6) is 5.75 Å². The number of nitrogens with two attached hydrogens (primary N) is 1. The van der Waals surface area contributed by atoms with E-state index in [0.717, 1.165) is 16.9 Å². The predicted molar refractivity (Wildman–Crippen MR) is 70.3 cm³/mol. The van der Waals surface area contributed by atoms with Crippen LogP contribution in [0.3, 0.4) is 0 Å². The molecule has 1 aromatic carbocycles. The molecule has 3 nitrogen and oxygen atoms in total. The maximum absolute atomic E-state index is 5.99. The third kappa shape index (κ3) is 2.68. The van der Waals surface area contributed by atoms with Gasteiger partial charge in [-0.15, -0.1) is 0 Å². The minimum absolute atomic E-state index is 0.546. The Hall–Kier alpha value is -1.74. The zero-order valence-corrected chi connectivity index (χ0v) is 10.2. The average Bonchev–Trinajstić information content (AvgIpc) is 2.33. The first-order valence-electron chi connectivity index (χ1n) is 5.34. The first-order valence-corrected chi connectivity index (χ1v) is 5.71. The number of hydrogen-bond donors (Lipinski definition) is 1. The first-order chi connectivity index (χ1) is 8.20. The minimum Gasteiger partial charge on any atom is -0.492 e. The summed E-state index contributed by atoms with van der Waals surface area (Å²) in [6.45, 7) is 2.56. The second-order valence-electron chi connectivity index (χ2n) is 3.58. The van der Waals surface area contributed by atoms with Gasteiger partial charge < -0.3 is 10.5 Å². The highest BCUT2D eigenvalue weighted by Crippen LogP contribution is 2.28. The second kappa shape index (κ2) is 5.06. The second-order valence-corrected chi connectivity index (χ2v) is 3.99. The lowest BCUT2D eigenvalue weighted by molar-refractivity contribution is 0.339. The lowest BCUT2D eigenvalue weighted by Crippen LogP contribution is -1.93. The first kappa shape index (κ1) is 11.7. The van der Waals surface area contributed by atoms with Crippen molar-refractivity contribution < 1.29 is 4.74 Å². The van der Waals surface area contributed by atoms with Gasteiger partial charge in [0, 0.05) is 11.8 Å². The van der Waals surface area contributed by atoms with Gasteiger partial charge in [0.05, 0.1) is 23.5 Å². The molecule has 0 aliphatic rings. The fraction of sp³-hybridized carbons (Fsp3) is 0.154. The largest absolute Gasteiger partial charge is 0.492 e. The maximum Gasteiger partial charge on any atom is 0.138 e. The van der Waals surface area contributed by atoms with Crippen molar-refractivity contribution in [1.29, 1.82) is 0 Å². The van der Waals surface area contributed by atoms with Crippen molar-refractivity contribution in [2.75, 3.05) is 12.3 Å². The van der Waals surface area contributed by atoms with Crippen LogP contribution in [0.15, 0.2) is 36.7 Å². The molecule has 17 heavy (non-hydrogen) atoms. The fourth-order valence-corrected chi connectivity index (χ4v) is 1.71. The highest BCUT2D eigenvalue weighted by molar-refractivity contribution is 6.33. The molecule has 2 rings (SSSR count). The summed E-state index contributed by atoms with van der Waals surface area (Å²) in [7, 11) is 0. The number of rotatable bonds is 3. The number of ether oxygens (including phenoxy) is 1. The zero-order valence-electron chi connectivity index (χ0n) is 9.48. The van der Waals surface area contributed by atoms with Gasteiger partial charge in [-0.1, -0.05) is 17.7 Å². The fourth-order valence-electron chi connectivity index (χ4n) is 1.53. The molecule has 88 valence electrons. The van der Waals surface area contributed by atoms with Crippen molar-refractivity contribution >= 4 is 17.3 Å². The van der Waals surface area contributed by atoms with E-state index in [9.17, 15) is 0 Å². The van der Waals surface area contributed by atoms with Crippen LogP contribution in [-0.4, -0.2) is 11.6 Å². The molecule has 1 heterocycles. The van der Waals surface area contributed by atoms with E-state index in [-0.39, 0.29) is 0 Å². The Bertz CT molecular complexity index is 529. The van der Waals surface area contributed by atoms with Crippen LogP contribution in [0.1, 0.15) is 6.92 Å². The third-order valence-electron chi connectivity index (χ3n) is 2.36. The monoisotopic (exact) mass is 248 g/mol. The summed E-state index contributed by atoms with van der Waals surface area (Å²) < 4.78 is 5.40. The Kier molecular flexibility index (Phi) is 3.49. The van der Waals surface area contributed by atoms with Gasteiger partial charge >= 0.3 is 0 Å². The maximum atomic E-state index is 5.99. The van der Waals surface area contributed by atoms with Gasteiger partial charge in [-0.05, 0) is 30.7 Å². The van der Waals surface area contributed by atoms with Gasteiger partial charge in [0.25, 0.3) is 0 Å². The summed E-state index contributed by atoms with van der Waals surface area (Å²) in [5, 5.41) is 0.546. The molecule has 0 unspecified atom stereocenters. The van der Waals surface area contributed by atoms with Gasteiger partial charge in [-0.2, -0.15) is 0 Å². The Morgan fingerprint density at radius 3 is 2.76 bits per heavy atom. The Morgan fingerprint density at radius 1 is 1.24 bits per heavy atom. The molecule has 0 saturated carbocycles. The van der Waals surface area contributed by atoms with E-state index in [1.807, 2.05) is 25.1 Å². The van der Waals surface area contributed by atoms with Crippen LogP contribution in [0.4, 0.5) is 5.69 Å². The van der Waals surface area contributed by atoms with Crippen molar-refractivity contribution in [3.63, 3.8) is 0 Å². The topological polar surface area (TPSA) is 48.1 Å². The van der Waals surface area contributed by atoms with Crippen LogP contribution in [0.2, 0.25) is 5.02 Å². The molecule has 0 aliphatic heterocycles. The molecule has 0 amide bonds. The van der Waals surface area contributed by atoms with Crippen molar-refractivity contribution in [3.8, 4) is 16.9 Å². The molecule has 0 fully saturated rings. The van der Waals surface area contributed by atoms with Crippen LogP contribution >= 0.6 is 11.6 Å². The van der Waals surface area contributed by atoms with E-state index in [2.05, 4.69) is 4.98 Å². The molecule has 4 heteroatoms. The third-order valence-corrected chi connectivity index (χ3v) is 2.69. The highest BCUT2D eigenvalue weighted by atomic mass is 35.5. The normalized spacial score (nSPS) is 10.2. The van der Waals surface area contributed by atoms with Crippen LogP contribution in [0, 0.1) is 0 Å². The van der Waals surface area contributed by atoms with Gasteiger partial charge in [-0.3, -0.25) is 4.98 Å². The van der Waals surface area contributed by atoms with Gasteiger partial charge in [0.1, 0.15) is 5.75 Å². The number of hydrogen-bond acceptors (Lipinski definition) is 3. The molecule has 1 aromatic heterocycles. The molecule has 2 aromatic rings. The van der Waals surface area contributed by atoms with E-state index in [4.69, 9.17) is 22.1 Å². The van der Waals surface area contributed by atoms with Crippen molar-refractivity contribution in [2.45, 2.75) is 6.92 Å². The highest BCUT2D eigenvalue weighted by Gasteiger charge is 2.03. The van der Waals surface area contributed by atoms with E-state index < -0.39 is 0 Å². The standard InChI is InChI=1S/C13H13ClN2O/c1-2-17-11-5-10(7-16-8-11)9-3-4-13(15)12(14)6-9/h3-8H,2,15H2,1H3. The summed E-state index contributed by atoms with van der Waals surface area (Å²) in [5.41, 5.74) is 8.17. The van der Waals surface area contributed by atoms with Crippen LogP contribution in [-0.2, 0) is 0 Å². The lowest BCUT2D eigenvalue weighted by Gasteiger charge is -2.06. The molecule has 2 N–H and O–H groups in total. The van der Waals surface area contributed by atoms with Crippen molar-refractivity contribution in [2.24, 2.45) is 0 Å².